The van der Waals surface area contributed by atoms with Crippen molar-refractivity contribution < 1.29 is 19.4 Å². The number of aryl methyl sites for hydroxylation is 1. The molecule has 104 valence electrons. The summed E-state index contributed by atoms with van der Waals surface area (Å²) in [6, 6.07) is 5.29. The maximum absolute atomic E-state index is 11.2. The molecule has 1 amide bonds. The summed E-state index contributed by atoms with van der Waals surface area (Å²) < 4.78 is 5.42. The molecule has 0 aliphatic carbocycles. The first kappa shape index (κ1) is 15.3. The molecule has 1 aromatic carbocycles. The van der Waals surface area contributed by atoms with Crippen LogP contribution in [0, 0.1) is 6.92 Å². The van der Waals surface area contributed by atoms with Crippen LogP contribution in [0.25, 0.3) is 0 Å². The predicted molar refractivity (Wildman–Crippen MR) is 68.9 cm³/mol. The molecule has 0 aliphatic rings. The number of carbonyl (C=O) groups excluding carboxylic acids is 2. The van der Waals surface area contributed by atoms with E-state index in [1.807, 2.05) is 6.92 Å². The Labute approximate surface area is 116 Å². The molecule has 6 heteroatoms. The Morgan fingerprint density at radius 2 is 2.11 bits per heavy atom. The first-order chi connectivity index (χ1) is 8.99. The van der Waals surface area contributed by atoms with Gasteiger partial charge in [-0.15, -0.1) is 0 Å². The molecule has 1 N–H and O–H groups in total. The van der Waals surface area contributed by atoms with Gasteiger partial charge in [-0.25, -0.2) is 0 Å². The van der Waals surface area contributed by atoms with Gasteiger partial charge in [-0.1, -0.05) is 11.6 Å². The summed E-state index contributed by atoms with van der Waals surface area (Å²) in [5.74, 6) is -0.894. The molecular formula is C13H15ClNO4-. The Balaban J connectivity index is 2.21. The van der Waals surface area contributed by atoms with E-state index in [2.05, 4.69) is 5.32 Å². The highest BCUT2D eigenvalue weighted by molar-refractivity contribution is 6.31. The monoisotopic (exact) mass is 284 g/mol. The third kappa shape index (κ3) is 6.10. The fourth-order valence-corrected chi connectivity index (χ4v) is 1.49. The van der Waals surface area contributed by atoms with Crippen LogP contribution in [-0.2, 0) is 9.59 Å². The predicted octanol–water partition coefficient (Wildman–Crippen LogP) is 0.674. The summed E-state index contributed by atoms with van der Waals surface area (Å²) in [7, 11) is 0. The van der Waals surface area contributed by atoms with Crippen LogP contribution < -0.4 is 15.2 Å². The van der Waals surface area contributed by atoms with E-state index in [0.29, 0.717) is 23.9 Å². The van der Waals surface area contributed by atoms with E-state index in [0.717, 1.165) is 5.56 Å². The first-order valence-electron chi connectivity index (χ1n) is 5.84. The molecule has 0 fully saturated rings. The van der Waals surface area contributed by atoms with Gasteiger partial charge in [0.2, 0.25) is 5.91 Å². The largest absolute Gasteiger partial charge is 0.550 e. The number of carbonyl (C=O) groups is 2. The van der Waals surface area contributed by atoms with Crippen molar-refractivity contribution in [1.82, 2.24) is 5.32 Å². The minimum absolute atomic E-state index is 0.0810. The highest BCUT2D eigenvalue weighted by Gasteiger charge is 2.01. The molecule has 0 bridgehead atoms. The minimum atomic E-state index is -1.23. The van der Waals surface area contributed by atoms with Crippen LogP contribution in [0.2, 0.25) is 5.02 Å². The van der Waals surface area contributed by atoms with Crippen molar-refractivity contribution in [2.24, 2.45) is 0 Å². The van der Waals surface area contributed by atoms with Crippen LogP contribution in [-0.4, -0.2) is 25.0 Å². The number of halogens is 1. The molecule has 0 saturated carbocycles. The Morgan fingerprint density at radius 3 is 2.74 bits per heavy atom. The van der Waals surface area contributed by atoms with Crippen LogP contribution >= 0.6 is 11.6 Å². The van der Waals surface area contributed by atoms with E-state index in [9.17, 15) is 14.7 Å². The van der Waals surface area contributed by atoms with Crippen molar-refractivity contribution in [2.45, 2.75) is 19.8 Å². The summed E-state index contributed by atoms with van der Waals surface area (Å²) in [6.45, 7) is 2.49. The quantitative estimate of drug-likeness (QED) is 0.747. The lowest BCUT2D eigenvalue weighted by atomic mass is 10.2. The van der Waals surface area contributed by atoms with Gasteiger partial charge >= 0.3 is 0 Å². The average molecular weight is 285 g/mol. The summed E-state index contributed by atoms with van der Waals surface area (Å²) >= 11 is 5.88. The third-order valence-corrected chi connectivity index (χ3v) is 2.80. The molecule has 0 radical (unpaired) electrons. The topological polar surface area (TPSA) is 78.5 Å². The SMILES string of the molecule is Cc1cc(OCCNC(=O)CCC(=O)[O-])ccc1Cl. The number of ether oxygens (including phenoxy) is 1. The highest BCUT2D eigenvalue weighted by atomic mass is 35.5. The second kappa shape index (κ2) is 7.63. The van der Waals surface area contributed by atoms with Crippen LogP contribution in [0.1, 0.15) is 18.4 Å². The van der Waals surface area contributed by atoms with E-state index in [1.54, 1.807) is 18.2 Å². The molecule has 19 heavy (non-hydrogen) atoms. The van der Waals surface area contributed by atoms with Crippen LogP contribution in [0.4, 0.5) is 0 Å². The molecule has 1 rings (SSSR count). The van der Waals surface area contributed by atoms with Crippen molar-refractivity contribution in [3.8, 4) is 5.75 Å². The molecule has 0 spiro atoms. The number of carboxylic acids is 1. The van der Waals surface area contributed by atoms with Crippen molar-refractivity contribution in [3.63, 3.8) is 0 Å². The Kier molecular flexibility index (Phi) is 6.15. The summed E-state index contributed by atoms with van der Waals surface area (Å²) in [5.41, 5.74) is 0.914. The molecule has 0 heterocycles. The molecule has 0 saturated heterocycles. The lowest BCUT2D eigenvalue weighted by molar-refractivity contribution is -0.305. The van der Waals surface area contributed by atoms with Crippen molar-refractivity contribution >= 4 is 23.5 Å². The number of aliphatic carboxylic acids is 1. The number of rotatable bonds is 7. The van der Waals surface area contributed by atoms with E-state index < -0.39 is 5.97 Å². The first-order valence-corrected chi connectivity index (χ1v) is 6.22. The highest BCUT2D eigenvalue weighted by Crippen LogP contribution is 2.20. The fourth-order valence-electron chi connectivity index (χ4n) is 1.37. The van der Waals surface area contributed by atoms with Gasteiger partial charge in [0.15, 0.2) is 0 Å². The Hall–Kier alpha value is -1.75. The smallest absolute Gasteiger partial charge is 0.220 e. The van der Waals surface area contributed by atoms with Gasteiger partial charge in [-0.05, 0) is 37.1 Å². The van der Waals surface area contributed by atoms with Gasteiger partial charge in [0, 0.05) is 17.4 Å². The van der Waals surface area contributed by atoms with Gasteiger partial charge in [0.1, 0.15) is 12.4 Å². The number of hydrogen-bond donors (Lipinski definition) is 1. The summed E-state index contributed by atoms with van der Waals surface area (Å²) in [6.07, 6.45) is -0.356. The normalized spacial score (nSPS) is 10.0. The zero-order chi connectivity index (χ0) is 14.3. The van der Waals surface area contributed by atoms with Gasteiger partial charge in [0.05, 0.1) is 6.54 Å². The lowest BCUT2D eigenvalue weighted by Gasteiger charge is -2.09. The number of carboxylic acid groups (broad SMARTS) is 1. The molecule has 1 aromatic rings. The van der Waals surface area contributed by atoms with E-state index in [-0.39, 0.29) is 18.7 Å². The number of hydrogen-bond acceptors (Lipinski definition) is 4. The number of nitrogens with one attached hydrogen (secondary N) is 1. The number of amides is 1. The van der Waals surface area contributed by atoms with Gasteiger partial charge in [-0.3, -0.25) is 4.79 Å². The molecule has 0 aromatic heterocycles. The molecule has 0 atom stereocenters. The van der Waals surface area contributed by atoms with Gasteiger partial charge in [0.25, 0.3) is 0 Å². The van der Waals surface area contributed by atoms with Crippen LogP contribution in [0.3, 0.4) is 0 Å². The van der Waals surface area contributed by atoms with Crippen molar-refractivity contribution in [3.05, 3.63) is 28.8 Å². The molecule has 0 aliphatic heterocycles. The van der Waals surface area contributed by atoms with E-state index in [4.69, 9.17) is 16.3 Å². The van der Waals surface area contributed by atoms with Gasteiger partial charge < -0.3 is 20.0 Å². The zero-order valence-electron chi connectivity index (χ0n) is 10.6. The minimum Gasteiger partial charge on any atom is -0.550 e. The summed E-state index contributed by atoms with van der Waals surface area (Å²) in [4.78, 5) is 21.3. The zero-order valence-corrected chi connectivity index (χ0v) is 11.3. The maximum atomic E-state index is 11.2. The van der Waals surface area contributed by atoms with Gasteiger partial charge in [-0.2, -0.15) is 0 Å². The standard InChI is InChI=1S/C13H16ClNO4/c1-9-8-10(2-3-11(9)14)19-7-6-15-12(16)4-5-13(17)18/h2-3,8H,4-7H2,1H3,(H,15,16)(H,17,18)/p-1. The summed E-state index contributed by atoms with van der Waals surface area (Å²) in [5, 5.41) is 13.4. The molecular weight excluding hydrogens is 270 g/mol. The van der Waals surface area contributed by atoms with E-state index >= 15 is 0 Å². The fraction of sp³-hybridized carbons (Fsp3) is 0.385. The van der Waals surface area contributed by atoms with Crippen molar-refractivity contribution in [2.75, 3.05) is 13.2 Å². The second-order valence-electron chi connectivity index (χ2n) is 3.98. The van der Waals surface area contributed by atoms with Crippen molar-refractivity contribution in [1.29, 1.82) is 0 Å². The van der Waals surface area contributed by atoms with Crippen LogP contribution in [0.5, 0.6) is 5.75 Å². The lowest BCUT2D eigenvalue weighted by Crippen LogP contribution is -2.30. The third-order valence-electron chi connectivity index (χ3n) is 2.38. The molecule has 0 unspecified atom stereocenters. The molecule has 5 nitrogen and oxygen atoms in total. The average Bonchev–Trinajstić information content (AvgIpc) is 2.36. The van der Waals surface area contributed by atoms with Crippen LogP contribution in [0.15, 0.2) is 18.2 Å². The Morgan fingerprint density at radius 1 is 1.37 bits per heavy atom. The Bertz CT molecular complexity index is 462. The second-order valence-corrected chi connectivity index (χ2v) is 4.39. The number of benzene rings is 1. The van der Waals surface area contributed by atoms with E-state index in [1.165, 1.54) is 0 Å². The maximum Gasteiger partial charge on any atom is 0.220 e.